The van der Waals surface area contributed by atoms with Crippen LogP contribution < -0.4 is 11.1 Å². The molecule has 0 aliphatic rings. The predicted octanol–water partition coefficient (Wildman–Crippen LogP) is 1.94. The maximum absolute atomic E-state index is 4.72. The van der Waals surface area contributed by atoms with Crippen LogP contribution in [-0.4, -0.2) is 14.1 Å². The van der Waals surface area contributed by atoms with Crippen LogP contribution in [0.1, 0.15) is 21.3 Å². The average Bonchev–Trinajstić information content (AvgIpc) is 1.96. The van der Waals surface area contributed by atoms with E-state index in [1.807, 2.05) is 26.2 Å². The van der Waals surface area contributed by atoms with Gasteiger partial charge in [0.15, 0.2) is 0 Å². The first-order valence-electron chi connectivity index (χ1n) is 3.19. The Balaban J connectivity index is -0.0000000209. The summed E-state index contributed by atoms with van der Waals surface area (Å²) >= 11 is 0. The molecule has 0 saturated carbocycles. The summed E-state index contributed by atoms with van der Waals surface area (Å²) in [5, 5.41) is 2.84. The topological polar surface area (TPSA) is 38.0 Å². The standard InChI is InChI=1S/C4H9N.C3H5.CH5N.CH4.Y/c1-3-4-5-2;1-3-2;1-2;;/h3-5H,1-2H3;1,3H,2H3;2H2,1H3;1H4;/q;-1;;;. The molecule has 0 aromatic rings. The van der Waals surface area contributed by atoms with Crippen LogP contribution in [-0.2, 0) is 32.7 Å². The number of allylic oxidation sites excluding steroid dienone is 2. The minimum Gasteiger partial charge on any atom is -0.518 e. The molecular weight excluding hydrogens is 225 g/mol. The first-order valence-corrected chi connectivity index (χ1v) is 3.19. The van der Waals surface area contributed by atoms with Crippen molar-refractivity contribution in [3.63, 3.8) is 0 Å². The molecule has 0 aliphatic carbocycles. The molecule has 0 unspecified atom stereocenters. The van der Waals surface area contributed by atoms with Crippen LogP contribution >= 0.6 is 0 Å². The van der Waals surface area contributed by atoms with Crippen LogP contribution in [0.3, 0.4) is 0 Å². The van der Waals surface area contributed by atoms with Crippen molar-refractivity contribution in [1.29, 1.82) is 0 Å². The molecule has 3 heteroatoms. The molecule has 0 amide bonds. The van der Waals surface area contributed by atoms with E-state index in [1.54, 1.807) is 6.92 Å². The fraction of sp³-hybridized carbons (Fsp3) is 0.556. The molecule has 0 spiro atoms. The third-order valence-electron chi connectivity index (χ3n) is 0.333. The average molecular weight is 248 g/mol. The van der Waals surface area contributed by atoms with E-state index in [2.05, 4.69) is 11.1 Å². The largest absolute Gasteiger partial charge is 0.518 e. The molecule has 12 heavy (non-hydrogen) atoms. The number of hydrogen-bond donors (Lipinski definition) is 2. The van der Waals surface area contributed by atoms with Gasteiger partial charge in [-0.05, 0) is 20.2 Å². The summed E-state index contributed by atoms with van der Waals surface area (Å²) in [5.74, 6) is 0. The van der Waals surface area contributed by atoms with Crippen LogP contribution in [0.4, 0.5) is 0 Å². The molecule has 0 saturated heterocycles. The van der Waals surface area contributed by atoms with Gasteiger partial charge in [-0.3, -0.25) is 6.08 Å². The SMILES string of the molecule is C.CC=CNC.CN.[CH-]=CC.[Y]. The van der Waals surface area contributed by atoms with E-state index >= 15 is 0 Å². The Hall–Kier alpha value is 0.344. The van der Waals surface area contributed by atoms with Crippen molar-refractivity contribution in [2.45, 2.75) is 21.3 Å². The number of nitrogens with one attached hydrogen (secondary N) is 1. The van der Waals surface area contributed by atoms with E-state index in [0.717, 1.165) is 0 Å². The van der Waals surface area contributed by atoms with Gasteiger partial charge >= 0.3 is 0 Å². The van der Waals surface area contributed by atoms with E-state index in [-0.39, 0.29) is 40.1 Å². The molecule has 0 atom stereocenters. The molecule has 1 radical (unpaired) electrons. The molecule has 0 bridgehead atoms. The van der Waals surface area contributed by atoms with E-state index in [0.29, 0.717) is 0 Å². The molecular formula is C9H23N2Y-. The Kier molecular flexibility index (Phi) is 158. The van der Waals surface area contributed by atoms with Gasteiger partial charge in [-0.15, -0.1) is 0 Å². The molecule has 0 aromatic heterocycles. The van der Waals surface area contributed by atoms with Crippen molar-refractivity contribution in [3.8, 4) is 0 Å². The molecule has 0 heterocycles. The second-order valence-corrected chi connectivity index (χ2v) is 1.12. The van der Waals surface area contributed by atoms with Crippen LogP contribution in [0.15, 0.2) is 18.4 Å². The van der Waals surface area contributed by atoms with Gasteiger partial charge < -0.3 is 17.6 Å². The second kappa shape index (κ2) is 64.3. The maximum Gasteiger partial charge on any atom is 0.00276 e. The Bertz CT molecular complexity index is 63.5. The minimum atomic E-state index is 0. The van der Waals surface area contributed by atoms with Crippen LogP contribution in [0, 0.1) is 6.58 Å². The Morgan fingerprint density at radius 3 is 1.50 bits per heavy atom. The molecule has 0 fully saturated rings. The third kappa shape index (κ3) is 164. The monoisotopic (exact) mass is 248 g/mol. The Morgan fingerprint density at radius 2 is 1.50 bits per heavy atom. The zero-order chi connectivity index (χ0) is 8.83. The quantitative estimate of drug-likeness (QED) is 0.696. The van der Waals surface area contributed by atoms with Crippen molar-refractivity contribution >= 4 is 0 Å². The van der Waals surface area contributed by atoms with E-state index in [1.165, 1.54) is 13.1 Å². The number of hydrogen-bond acceptors (Lipinski definition) is 2. The van der Waals surface area contributed by atoms with E-state index < -0.39 is 0 Å². The van der Waals surface area contributed by atoms with Crippen LogP contribution in [0.25, 0.3) is 0 Å². The summed E-state index contributed by atoms with van der Waals surface area (Å²) < 4.78 is 0. The van der Waals surface area contributed by atoms with E-state index in [4.69, 9.17) is 6.58 Å². The fourth-order valence-electron chi connectivity index (χ4n) is 0.167. The van der Waals surface area contributed by atoms with Crippen molar-refractivity contribution in [2.75, 3.05) is 14.1 Å². The summed E-state index contributed by atoms with van der Waals surface area (Å²) in [6.07, 6.45) is 5.32. The molecule has 2 nitrogen and oxygen atoms in total. The zero-order valence-electron chi connectivity index (χ0n) is 7.96. The fourth-order valence-corrected chi connectivity index (χ4v) is 0.167. The Labute approximate surface area is 104 Å². The van der Waals surface area contributed by atoms with Gasteiger partial charge in [0.1, 0.15) is 0 Å². The van der Waals surface area contributed by atoms with Gasteiger partial charge in [-0.2, -0.15) is 0 Å². The first-order chi connectivity index (χ1) is 4.83. The van der Waals surface area contributed by atoms with Gasteiger partial charge in [-0.1, -0.05) is 20.4 Å². The molecule has 0 rings (SSSR count). The maximum atomic E-state index is 4.72. The van der Waals surface area contributed by atoms with Crippen molar-refractivity contribution in [3.05, 3.63) is 24.9 Å². The first kappa shape index (κ1) is 29.5. The summed E-state index contributed by atoms with van der Waals surface area (Å²) in [7, 11) is 3.38. The summed E-state index contributed by atoms with van der Waals surface area (Å²) in [5.41, 5.74) is 4.50. The van der Waals surface area contributed by atoms with Crippen LogP contribution in [0.5, 0.6) is 0 Å². The Morgan fingerprint density at radius 1 is 1.25 bits per heavy atom. The van der Waals surface area contributed by atoms with Gasteiger partial charge in [0, 0.05) is 39.8 Å². The van der Waals surface area contributed by atoms with Crippen molar-refractivity contribution in [2.24, 2.45) is 5.73 Å². The van der Waals surface area contributed by atoms with Gasteiger partial charge in [0.25, 0.3) is 0 Å². The van der Waals surface area contributed by atoms with Gasteiger partial charge in [-0.25, -0.2) is 0 Å². The molecule has 3 N–H and O–H groups in total. The van der Waals surface area contributed by atoms with Gasteiger partial charge in [0.05, 0.1) is 0 Å². The van der Waals surface area contributed by atoms with E-state index in [9.17, 15) is 0 Å². The van der Waals surface area contributed by atoms with Crippen molar-refractivity contribution in [1.82, 2.24) is 5.32 Å². The number of rotatable bonds is 1. The summed E-state index contributed by atoms with van der Waals surface area (Å²) in [4.78, 5) is 0. The smallest absolute Gasteiger partial charge is 0.00276 e. The summed E-state index contributed by atoms with van der Waals surface area (Å²) in [6.45, 7) is 8.47. The predicted molar refractivity (Wildman–Crippen MR) is 55.3 cm³/mol. The minimum absolute atomic E-state index is 0. The molecule has 73 valence electrons. The van der Waals surface area contributed by atoms with Crippen molar-refractivity contribution < 1.29 is 32.7 Å². The second-order valence-electron chi connectivity index (χ2n) is 1.12. The molecule has 0 aliphatic heterocycles. The zero-order valence-corrected chi connectivity index (χ0v) is 10.8. The molecule has 0 aromatic carbocycles. The normalized spacial score (nSPS) is 5.42. The third-order valence-corrected chi connectivity index (χ3v) is 0.333. The van der Waals surface area contributed by atoms with Crippen LogP contribution in [0.2, 0.25) is 0 Å². The van der Waals surface area contributed by atoms with Gasteiger partial charge in [0.2, 0.25) is 0 Å². The number of nitrogens with two attached hydrogens (primary N) is 1. The summed E-state index contributed by atoms with van der Waals surface area (Å²) in [6, 6.07) is 0.